The summed E-state index contributed by atoms with van der Waals surface area (Å²) in [5.74, 6) is 1.20. The molecule has 1 aromatic heterocycles. The van der Waals surface area contributed by atoms with Gasteiger partial charge in [-0.2, -0.15) is 13.1 Å². The standard InChI is InChI=1S/C19H20N4O4S/c1-26-17-8-15-16(9-18(17)27-2)21-10-22-19(15)12-4-3-11-6-14(7-13(11)5-12)23-28(20,24)25/h3-5,8-10,14,23H,6-7H2,1-2H3,(H2,20,24,25). The molecule has 0 fully saturated rings. The van der Waals surface area contributed by atoms with Crippen molar-refractivity contribution in [2.24, 2.45) is 5.14 Å². The van der Waals surface area contributed by atoms with E-state index in [9.17, 15) is 8.42 Å². The van der Waals surface area contributed by atoms with Gasteiger partial charge in [-0.15, -0.1) is 0 Å². The van der Waals surface area contributed by atoms with Crippen LogP contribution >= 0.6 is 0 Å². The summed E-state index contributed by atoms with van der Waals surface area (Å²) in [7, 11) is -0.561. The number of rotatable bonds is 5. The van der Waals surface area contributed by atoms with E-state index >= 15 is 0 Å². The predicted molar refractivity (Wildman–Crippen MR) is 106 cm³/mol. The van der Waals surface area contributed by atoms with Crippen LogP contribution in [0.25, 0.3) is 22.2 Å². The van der Waals surface area contributed by atoms with E-state index in [-0.39, 0.29) is 6.04 Å². The van der Waals surface area contributed by atoms with Gasteiger partial charge in [0.15, 0.2) is 11.5 Å². The van der Waals surface area contributed by atoms with Crippen LogP contribution in [-0.4, -0.2) is 38.6 Å². The van der Waals surface area contributed by atoms with Gasteiger partial charge in [-0.25, -0.2) is 15.1 Å². The van der Waals surface area contributed by atoms with E-state index in [4.69, 9.17) is 14.6 Å². The normalized spacial score (nSPS) is 16.2. The fourth-order valence-corrected chi connectivity index (χ4v) is 4.33. The first-order valence-corrected chi connectivity index (χ1v) is 10.2. The molecule has 0 radical (unpaired) electrons. The predicted octanol–water partition coefficient (Wildman–Crippen LogP) is 1.57. The lowest BCUT2D eigenvalue weighted by molar-refractivity contribution is 0.356. The summed E-state index contributed by atoms with van der Waals surface area (Å²) in [5, 5.41) is 5.95. The summed E-state index contributed by atoms with van der Waals surface area (Å²) in [6.07, 6.45) is 2.71. The molecule has 4 rings (SSSR count). The van der Waals surface area contributed by atoms with E-state index in [1.807, 2.05) is 30.3 Å². The van der Waals surface area contributed by atoms with Crippen LogP contribution in [0, 0.1) is 0 Å². The number of fused-ring (bicyclic) bond motifs is 2. The van der Waals surface area contributed by atoms with Crippen LogP contribution in [0.2, 0.25) is 0 Å². The summed E-state index contributed by atoms with van der Waals surface area (Å²) in [4.78, 5) is 8.81. The van der Waals surface area contributed by atoms with Crippen LogP contribution in [-0.2, 0) is 23.1 Å². The van der Waals surface area contributed by atoms with Crippen molar-refractivity contribution in [2.75, 3.05) is 14.2 Å². The van der Waals surface area contributed by atoms with E-state index in [1.165, 1.54) is 6.33 Å². The number of nitrogens with one attached hydrogen (secondary N) is 1. The molecule has 0 saturated heterocycles. The molecule has 0 spiro atoms. The summed E-state index contributed by atoms with van der Waals surface area (Å²) in [5.41, 5.74) is 4.62. The molecule has 1 atom stereocenters. The minimum atomic E-state index is -3.73. The number of hydrogen-bond acceptors (Lipinski definition) is 6. The third-order valence-electron chi connectivity index (χ3n) is 4.88. The van der Waals surface area contributed by atoms with Gasteiger partial charge in [0.1, 0.15) is 6.33 Å². The van der Waals surface area contributed by atoms with Crippen molar-refractivity contribution in [1.29, 1.82) is 0 Å². The third-order valence-corrected chi connectivity index (χ3v) is 5.55. The summed E-state index contributed by atoms with van der Waals surface area (Å²) in [6, 6.07) is 9.48. The molecule has 0 aliphatic heterocycles. The minimum absolute atomic E-state index is 0.230. The van der Waals surface area contributed by atoms with Gasteiger partial charge in [0.25, 0.3) is 10.2 Å². The van der Waals surface area contributed by atoms with Crippen molar-refractivity contribution in [1.82, 2.24) is 14.7 Å². The number of benzene rings is 2. The molecule has 0 amide bonds. The molecule has 2 aromatic carbocycles. The highest BCUT2D eigenvalue weighted by atomic mass is 32.2. The Morgan fingerprint density at radius 2 is 1.75 bits per heavy atom. The number of nitrogens with zero attached hydrogens (tertiary/aromatic N) is 2. The second kappa shape index (κ2) is 7.01. The van der Waals surface area contributed by atoms with Gasteiger partial charge < -0.3 is 9.47 Å². The lowest BCUT2D eigenvalue weighted by atomic mass is 10.0. The largest absolute Gasteiger partial charge is 0.493 e. The first-order chi connectivity index (χ1) is 13.4. The minimum Gasteiger partial charge on any atom is -0.493 e. The lowest BCUT2D eigenvalue weighted by Gasteiger charge is -2.11. The first-order valence-electron chi connectivity index (χ1n) is 8.67. The highest BCUT2D eigenvalue weighted by Gasteiger charge is 2.25. The molecule has 0 bridgehead atoms. The van der Waals surface area contributed by atoms with Crippen molar-refractivity contribution >= 4 is 21.1 Å². The van der Waals surface area contributed by atoms with Crippen molar-refractivity contribution in [3.05, 3.63) is 47.8 Å². The Balaban J connectivity index is 1.75. The molecular weight excluding hydrogens is 380 g/mol. The van der Waals surface area contributed by atoms with Crippen LogP contribution in [0.4, 0.5) is 0 Å². The van der Waals surface area contributed by atoms with E-state index in [0.717, 1.165) is 33.3 Å². The highest BCUT2D eigenvalue weighted by Crippen LogP contribution is 2.36. The van der Waals surface area contributed by atoms with E-state index < -0.39 is 10.2 Å². The topological polar surface area (TPSA) is 116 Å². The smallest absolute Gasteiger partial charge is 0.274 e. The van der Waals surface area contributed by atoms with Crippen molar-refractivity contribution < 1.29 is 17.9 Å². The number of ether oxygens (including phenoxy) is 2. The van der Waals surface area contributed by atoms with Crippen LogP contribution in [0.15, 0.2) is 36.7 Å². The Morgan fingerprint density at radius 1 is 1.04 bits per heavy atom. The van der Waals surface area contributed by atoms with Crippen molar-refractivity contribution in [3.63, 3.8) is 0 Å². The number of methoxy groups -OCH3 is 2. The SMILES string of the molecule is COc1cc2ncnc(-c3ccc4c(c3)CC(NS(N)(=O)=O)C4)c2cc1OC. The zero-order chi connectivity index (χ0) is 19.9. The molecule has 1 aliphatic rings. The molecule has 146 valence electrons. The highest BCUT2D eigenvalue weighted by molar-refractivity contribution is 7.87. The zero-order valence-electron chi connectivity index (χ0n) is 15.5. The lowest BCUT2D eigenvalue weighted by Crippen LogP contribution is -2.39. The fraction of sp³-hybridized carbons (Fsp3) is 0.263. The van der Waals surface area contributed by atoms with Gasteiger partial charge in [-0.05, 0) is 36.1 Å². The molecule has 1 heterocycles. The van der Waals surface area contributed by atoms with Crippen molar-refractivity contribution in [2.45, 2.75) is 18.9 Å². The Hall–Kier alpha value is -2.75. The number of aromatic nitrogens is 2. The molecule has 3 aromatic rings. The molecule has 9 heteroatoms. The third kappa shape index (κ3) is 3.51. The second-order valence-electron chi connectivity index (χ2n) is 6.70. The Kier molecular flexibility index (Phi) is 4.66. The Morgan fingerprint density at radius 3 is 2.46 bits per heavy atom. The van der Waals surface area contributed by atoms with E-state index in [1.54, 1.807) is 14.2 Å². The maximum atomic E-state index is 11.3. The monoisotopic (exact) mass is 400 g/mol. The van der Waals surface area contributed by atoms with Gasteiger partial charge in [0.2, 0.25) is 0 Å². The number of nitrogens with two attached hydrogens (primary N) is 1. The quantitative estimate of drug-likeness (QED) is 0.672. The van der Waals surface area contributed by atoms with Gasteiger partial charge in [0, 0.05) is 23.1 Å². The molecule has 0 saturated carbocycles. The molecule has 28 heavy (non-hydrogen) atoms. The van der Waals surface area contributed by atoms with Gasteiger partial charge in [-0.3, -0.25) is 0 Å². The van der Waals surface area contributed by atoms with Gasteiger partial charge in [-0.1, -0.05) is 12.1 Å². The molecule has 3 N–H and O–H groups in total. The Labute approximate surface area is 162 Å². The fourth-order valence-electron chi connectivity index (χ4n) is 3.69. The van der Waals surface area contributed by atoms with Crippen LogP contribution in [0.3, 0.4) is 0 Å². The summed E-state index contributed by atoms with van der Waals surface area (Å²) >= 11 is 0. The average molecular weight is 400 g/mol. The maximum absolute atomic E-state index is 11.3. The van der Waals surface area contributed by atoms with Crippen LogP contribution < -0.4 is 19.3 Å². The Bertz CT molecular complexity index is 1160. The average Bonchev–Trinajstić information content (AvgIpc) is 3.05. The summed E-state index contributed by atoms with van der Waals surface area (Å²) in [6.45, 7) is 0. The number of hydrogen-bond donors (Lipinski definition) is 2. The van der Waals surface area contributed by atoms with Gasteiger partial charge >= 0.3 is 0 Å². The molecular formula is C19H20N4O4S. The summed E-state index contributed by atoms with van der Waals surface area (Å²) < 4.78 is 35.9. The molecule has 1 aliphatic carbocycles. The maximum Gasteiger partial charge on any atom is 0.274 e. The van der Waals surface area contributed by atoms with Crippen LogP contribution in [0.5, 0.6) is 11.5 Å². The van der Waals surface area contributed by atoms with Crippen molar-refractivity contribution in [3.8, 4) is 22.8 Å². The first kappa shape index (κ1) is 18.6. The van der Waals surface area contributed by atoms with E-state index in [2.05, 4.69) is 14.7 Å². The van der Waals surface area contributed by atoms with Gasteiger partial charge in [0.05, 0.1) is 25.4 Å². The zero-order valence-corrected chi connectivity index (χ0v) is 16.3. The molecule has 1 unspecified atom stereocenters. The molecule has 8 nitrogen and oxygen atoms in total. The van der Waals surface area contributed by atoms with Crippen LogP contribution in [0.1, 0.15) is 11.1 Å². The second-order valence-corrected chi connectivity index (χ2v) is 8.02. The van der Waals surface area contributed by atoms with E-state index in [0.29, 0.717) is 24.3 Å².